The molecule has 2 amide bonds. The molecular formula is C15H26N2O4. The van der Waals surface area contributed by atoms with Gasteiger partial charge in [-0.2, -0.15) is 0 Å². The first-order valence-electron chi connectivity index (χ1n) is 8.03. The number of ether oxygens (including phenoxy) is 1. The molecule has 0 unspecified atom stereocenters. The lowest BCUT2D eigenvalue weighted by Gasteiger charge is -2.33. The molecule has 0 radical (unpaired) electrons. The summed E-state index contributed by atoms with van der Waals surface area (Å²) in [6.07, 6.45) is 8.73. The summed E-state index contributed by atoms with van der Waals surface area (Å²) in [5.41, 5.74) is -1.09. The number of urea groups is 1. The summed E-state index contributed by atoms with van der Waals surface area (Å²) in [7, 11) is 0. The Bertz CT molecular complexity index is 361. The van der Waals surface area contributed by atoms with E-state index in [9.17, 15) is 14.7 Å². The van der Waals surface area contributed by atoms with E-state index in [0.717, 1.165) is 32.1 Å². The number of hydrogen-bond acceptors (Lipinski definition) is 3. The van der Waals surface area contributed by atoms with Crippen molar-refractivity contribution in [2.24, 2.45) is 0 Å². The van der Waals surface area contributed by atoms with Gasteiger partial charge in [0.05, 0.1) is 12.7 Å². The third-order valence-corrected chi connectivity index (χ3v) is 4.51. The number of carbonyl (C=O) groups is 2. The van der Waals surface area contributed by atoms with Crippen molar-refractivity contribution in [1.82, 2.24) is 10.6 Å². The lowest BCUT2D eigenvalue weighted by Crippen LogP contribution is -2.58. The van der Waals surface area contributed by atoms with Crippen LogP contribution in [0.15, 0.2) is 0 Å². The van der Waals surface area contributed by atoms with Gasteiger partial charge in [-0.15, -0.1) is 0 Å². The molecule has 0 aliphatic heterocycles. The van der Waals surface area contributed by atoms with E-state index in [1.54, 1.807) is 0 Å². The zero-order valence-electron chi connectivity index (χ0n) is 12.5. The predicted octanol–water partition coefficient (Wildman–Crippen LogP) is 2.03. The van der Waals surface area contributed by atoms with Gasteiger partial charge >= 0.3 is 12.0 Å². The second kappa shape index (κ2) is 7.64. The number of hydrogen-bond donors (Lipinski definition) is 3. The van der Waals surface area contributed by atoms with Crippen LogP contribution in [0.4, 0.5) is 4.79 Å². The van der Waals surface area contributed by atoms with Gasteiger partial charge in [0, 0.05) is 6.54 Å². The summed E-state index contributed by atoms with van der Waals surface area (Å²) in [5, 5.41) is 14.7. The van der Waals surface area contributed by atoms with Gasteiger partial charge in [-0.3, -0.25) is 0 Å². The fourth-order valence-electron chi connectivity index (χ4n) is 3.25. The molecule has 0 aromatic heterocycles. The Morgan fingerprint density at radius 2 is 1.76 bits per heavy atom. The zero-order valence-corrected chi connectivity index (χ0v) is 12.5. The average Bonchev–Trinajstić information content (AvgIpc) is 2.98. The minimum absolute atomic E-state index is 0.332. The standard InChI is InChI=1S/C15H26N2O4/c18-13(19)15(8-4-1-5-9-15)17-14(20)16-10-11-21-12-6-2-3-7-12/h12H,1-11H2,(H,18,19)(H2,16,17,20). The van der Waals surface area contributed by atoms with E-state index in [-0.39, 0.29) is 0 Å². The van der Waals surface area contributed by atoms with Crippen molar-refractivity contribution in [1.29, 1.82) is 0 Å². The molecule has 0 spiro atoms. The quantitative estimate of drug-likeness (QED) is 0.655. The molecule has 2 aliphatic rings. The summed E-state index contributed by atoms with van der Waals surface area (Å²) in [6.45, 7) is 0.899. The highest BCUT2D eigenvalue weighted by atomic mass is 16.5. The van der Waals surface area contributed by atoms with Gasteiger partial charge in [-0.1, -0.05) is 32.1 Å². The minimum atomic E-state index is -1.09. The highest BCUT2D eigenvalue weighted by molar-refractivity contribution is 5.86. The molecule has 0 saturated heterocycles. The van der Waals surface area contributed by atoms with Crippen LogP contribution in [-0.4, -0.2) is 41.9 Å². The smallest absolute Gasteiger partial charge is 0.329 e. The first-order chi connectivity index (χ1) is 10.1. The maximum absolute atomic E-state index is 11.9. The Labute approximate surface area is 125 Å². The fourth-order valence-corrected chi connectivity index (χ4v) is 3.25. The fraction of sp³-hybridized carbons (Fsp3) is 0.867. The SMILES string of the molecule is O=C(NCCOC1CCCC1)NC1(C(=O)O)CCCCC1. The molecule has 6 nitrogen and oxygen atoms in total. The molecule has 0 atom stereocenters. The summed E-state index contributed by atoms with van der Waals surface area (Å²) >= 11 is 0. The number of carbonyl (C=O) groups excluding carboxylic acids is 1. The van der Waals surface area contributed by atoms with Gasteiger partial charge in [-0.05, 0) is 25.7 Å². The third kappa shape index (κ3) is 4.59. The maximum Gasteiger partial charge on any atom is 0.329 e. The van der Waals surface area contributed by atoms with Crippen molar-refractivity contribution in [3.05, 3.63) is 0 Å². The van der Waals surface area contributed by atoms with Crippen molar-refractivity contribution in [2.45, 2.75) is 69.4 Å². The van der Waals surface area contributed by atoms with Gasteiger partial charge in [0.15, 0.2) is 0 Å². The van der Waals surface area contributed by atoms with E-state index in [4.69, 9.17) is 4.74 Å². The number of amides is 2. The van der Waals surface area contributed by atoms with Crippen LogP contribution in [0.1, 0.15) is 57.8 Å². The highest BCUT2D eigenvalue weighted by Gasteiger charge is 2.40. The van der Waals surface area contributed by atoms with Gasteiger partial charge in [0.25, 0.3) is 0 Å². The van der Waals surface area contributed by atoms with E-state index in [0.29, 0.717) is 32.1 Å². The van der Waals surface area contributed by atoms with Gasteiger partial charge in [-0.25, -0.2) is 9.59 Å². The summed E-state index contributed by atoms with van der Waals surface area (Å²) in [6, 6.07) is -0.408. The molecular weight excluding hydrogens is 272 g/mol. The third-order valence-electron chi connectivity index (χ3n) is 4.51. The van der Waals surface area contributed by atoms with E-state index in [1.807, 2.05) is 0 Å². The molecule has 0 heterocycles. The van der Waals surface area contributed by atoms with E-state index >= 15 is 0 Å². The van der Waals surface area contributed by atoms with E-state index in [2.05, 4.69) is 10.6 Å². The predicted molar refractivity (Wildman–Crippen MR) is 78.2 cm³/mol. The second-order valence-corrected chi connectivity index (χ2v) is 6.11. The Balaban J connectivity index is 1.68. The van der Waals surface area contributed by atoms with Crippen LogP contribution in [0, 0.1) is 0 Å². The normalized spacial score (nSPS) is 21.9. The van der Waals surface area contributed by atoms with Crippen LogP contribution in [-0.2, 0) is 9.53 Å². The number of carboxylic acids is 1. The monoisotopic (exact) mass is 298 g/mol. The molecule has 2 fully saturated rings. The highest BCUT2D eigenvalue weighted by Crippen LogP contribution is 2.28. The number of carboxylic acid groups (broad SMARTS) is 1. The Kier molecular flexibility index (Phi) is 5.85. The molecule has 2 aliphatic carbocycles. The van der Waals surface area contributed by atoms with Crippen LogP contribution >= 0.6 is 0 Å². The largest absolute Gasteiger partial charge is 0.480 e. The number of rotatable bonds is 6. The van der Waals surface area contributed by atoms with Crippen LogP contribution < -0.4 is 10.6 Å². The van der Waals surface area contributed by atoms with Crippen molar-refractivity contribution in [3.63, 3.8) is 0 Å². The van der Waals surface area contributed by atoms with Crippen LogP contribution in [0.25, 0.3) is 0 Å². The van der Waals surface area contributed by atoms with Crippen molar-refractivity contribution >= 4 is 12.0 Å². The molecule has 120 valence electrons. The van der Waals surface area contributed by atoms with E-state index in [1.165, 1.54) is 12.8 Å². The molecule has 0 aromatic carbocycles. The topological polar surface area (TPSA) is 87.7 Å². The van der Waals surface area contributed by atoms with Gasteiger partial charge < -0.3 is 20.5 Å². The molecule has 21 heavy (non-hydrogen) atoms. The molecule has 0 bridgehead atoms. The molecule has 2 saturated carbocycles. The average molecular weight is 298 g/mol. The van der Waals surface area contributed by atoms with E-state index < -0.39 is 17.5 Å². The molecule has 6 heteroatoms. The first-order valence-corrected chi connectivity index (χ1v) is 8.03. The Hall–Kier alpha value is -1.30. The first kappa shape index (κ1) is 16.1. The minimum Gasteiger partial charge on any atom is -0.480 e. The van der Waals surface area contributed by atoms with Crippen LogP contribution in [0.3, 0.4) is 0 Å². The van der Waals surface area contributed by atoms with Crippen molar-refractivity contribution in [2.75, 3.05) is 13.2 Å². The Morgan fingerprint density at radius 3 is 2.38 bits per heavy atom. The lowest BCUT2D eigenvalue weighted by molar-refractivity contribution is -0.145. The summed E-state index contributed by atoms with van der Waals surface area (Å²) in [5.74, 6) is -0.931. The molecule has 0 aromatic rings. The second-order valence-electron chi connectivity index (χ2n) is 6.11. The van der Waals surface area contributed by atoms with Crippen LogP contribution in [0.2, 0.25) is 0 Å². The van der Waals surface area contributed by atoms with Gasteiger partial charge in [0.1, 0.15) is 5.54 Å². The van der Waals surface area contributed by atoms with Crippen LogP contribution in [0.5, 0.6) is 0 Å². The number of aliphatic carboxylic acids is 1. The van der Waals surface area contributed by atoms with Crippen molar-refractivity contribution < 1.29 is 19.4 Å². The van der Waals surface area contributed by atoms with Crippen molar-refractivity contribution in [3.8, 4) is 0 Å². The zero-order chi connectivity index (χ0) is 15.1. The summed E-state index contributed by atoms with van der Waals surface area (Å²) < 4.78 is 5.66. The lowest BCUT2D eigenvalue weighted by atomic mass is 9.82. The molecule has 2 rings (SSSR count). The molecule has 3 N–H and O–H groups in total. The summed E-state index contributed by atoms with van der Waals surface area (Å²) in [4.78, 5) is 23.3. The van der Waals surface area contributed by atoms with Gasteiger partial charge in [0.2, 0.25) is 0 Å². The maximum atomic E-state index is 11.9. The Morgan fingerprint density at radius 1 is 1.10 bits per heavy atom. The number of nitrogens with one attached hydrogen (secondary N) is 2.